The van der Waals surface area contributed by atoms with Crippen LogP contribution in [-0.2, 0) is 0 Å². The highest BCUT2D eigenvalue weighted by Crippen LogP contribution is 2.45. The molecule has 0 aromatic carbocycles. The summed E-state index contributed by atoms with van der Waals surface area (Å²) in [5.74, 6) is 3.50. The fraction of sp³-hybridized carbons (Fsp3) is 0.714. The molecule has 0 spiro atoms. The number of nitrogens with one attached hydrogen (secondary N) is 2. The van der Waals surface area contributed by atoms with E-state index in [0.29, 0.717) is 6.04 Å². The van der Waals surface area contributed by atoms with Crippen LogP contribution in [0.1, 0.15) is 39.0 Å². The molecule has 2 aliphatic rings. The molecule has 0 unspecified atom stereocenters. The molecule has 3 rings (SSSR count). The molecule has 0 atom stereocenters. The van der Waals surface area contributed by atoms with Gasteiger partial charge in [0.25, 0.3) is 0 Å². The molecular weight excluding hydrogens is 224 g/mol. The van der Waals surface area contributed by atoms with Crippen LogP contribution in [0.5, 0.6) is 0 Å². The van der Waals surface area contributed by atoms with E-state index in [9.17, 15) is 0 Å². The van der Waals surface area contributed by atoms with Gasteiger partial charge in [-0.2, -0.15) is 4.98 Å². The molecule has 18 heavy (non-hydrogen) atoms. The topological polar surface area (TPSA) is 49.8 Å². The van der Waals surface area contributed by atoms with E-state index in [2.05, 4.69) is 27.5 Å². The molecule has 98 valence electrons. The Bertz CT molecular complexity index is 387. The second-order valence-corrected chi connectivity index (χ2v) is 5.54. The van der Waals surface area contributed by atoms with Gasteiger partial charge < -0.3 is 10.6 Å². The number of nitrogens with zero attached hydrogens (tertiary/aromatic N) is 2. The monoisotopic (exact) mass is 246 g/mol. The predicted octanol–water partition coefficient (Wildman–Crippen LogP) is 2.90. The van der Waals surface area contributed by atoms with E-state index in [-0.39, 0.29) is 0 Å². The number of rotatable bonds is 7. The lowest BCUT2D eigenvalue weighted by molar-refractivity contribution is 0.565. The van der Waals surface area contributed by atoms with Crippen molar-refractivity contribution >= 4 is 11.8 Å². The van der Waals surface area contributed by atoms with Crippen LogP contribution < -0.4 is 10.6 Å². The molecule has 2 aliphatic carbocycles. The smallest absolute Gasteiger partial charge is 0.224 e. The highest BCUT2D eigenvalue weighted by atomic mass is 15.1. The Balaban J connectivity index is 1.63. The van der Waals surface area contributed by atoms with Gasteiger partial charge in [0, 0.05) is 18.8 Å². The van der Waals surface area contributed by atoms with Crippen molar-refractivity contribution in [3.8, 4) is 0 Å². The maximum absolute atomic E-state index is 4.54. The minimum Gasteiger partial charge on any atom is -0.367 e. The molecule has 2 fully saturated rings. The zero-order valence-electron chi connectivity index (χ0n) is 11.0. The van der Waals surface area contributed by atoms with Crippen molar-refractivity contribution in [2.45, 2.75) is 45.1 Å². The lowest BCUT2D eigenvalue weighted by atomic mass is 10.1. The Labute approximate surface area is 109 Å². The summed E-state index contributed by atoms with van der Waals surface area (Å²) in [7, 11) is 0. The summed E-state index contributed by atoms with van der Waals surface area (Å²) < 4.78 is 0. The van der Waals surface area contributed by atoms with E-state index in [0.717, 1.165) is 36.6 Å². The summed E-state index contributed by atoms with van der Waals surface area (Å²) in [4.78, 5) is 8.78. The Morgan fingerprint density at radius 3 is 2.61 bits per heavy atom. The molecule has 1 heterocycles. The normalized spacial score (nSPS) is 19.0. The van der Waals surface area contributed by atoms with E-state index in [1.54, 1.807) is 0 Å². The summed E-state index contributed by atoms with van der Waals surface area (Å²) in [5, 5.41) is 6.86. The maximum Gasteiger partial charge on any atom is 0.224 e. The van der Waals surface area contributed by atoms with Gasteiger partial charge in [-0.3, -0.25) is 0 Å². The molecule has 0 radical (unpaired) electrons. The standard InChI is InChI=1S/C14H22N4/c1-2-8-15-14-16-9-7-12(18-14)17-13(10-3-4-10)11-5-6-11/h7,9-11,13H,2-6,8H2,1H3,(H2,15,16,17,18). The van der Waals surface area contributed by atoms with Crippen LogP contribution in [0.2, 0.25) is 0 Å². The third kappa shape index (κ3) is 2.92. The summed E-state index contributed by atoms with van der Waals surface area (Å²) in [6, 6.07) is 2.63. The zero-order chi connectivity index (χ0) is 12.4. The molecular formula is C14H22N4. The molecule has 0 saturated heterocycles. The second kappa shape index (κ2) is 5.12. The zero-order valence-corrected chi connectivity index (χ0v) is 11.0. The first kappa shape index (κ1) is 11.8. The fourth-order valence-electron chi connectivity index (χ4n) is 2.46. The van der Waals surface area contributed by atoms with Gasteiger partial charge in [0.1, 0.15) is 5.82 Å². The fourth-order valence-corrected chi connectivity index (χ4v) is 2.46. The van der Waals surface area contributed by atoms with Crippen LogP contribution in [0.3, 0.4) is 0 Å². The van der Waals surface area contributed by atoms with Gasteiger partial charge in [-0.1, -0.05) is 6.92 Å². The highest BCUT2D eigenvalue weighted by Gasteiger charge is 2.41. The molecule has 0 amide bonds. The molecule has 2 saturated carbocycles. The summed E-state index contributed by atoms with van der Waals surface area (Å²) >= 11 is 0. The quantitative estimate of drug-likeness (QED) is 0.776. The minimum absolute atomic E-state index is 0.652. The van der Waals surface area contributed by atoms with Gasteiger partial charge in [-0.25, -0.2) is 4.98 Å². The first-order valence-corrected chi connectivity index (χ1v) is 7.20. The molecule has 4 nitrogen and oxygen atoms in total. The lowest BCUT2D eigenvalue weighted by Crippen LogP contribution is -2.25. The van der Waals surface area contributed by atoms with Crippen molar-refractivity contribution in [1.29, 1.82) is 0 Å². The van der Waals surface area contributed by atoms with Crippen molar-refractivity contribution in [1.82, 2.24) is 9.97 Å². The Morgan fingerprint density at radius 2 is 2.00 bits per heavy atom. The number of hydrogen-bond acceptors (Lipinski definition) is 4. The molecule has 4 heteroatoms. The van der Waals surface area contributed by atoms with Gasteiger partial charge >= 0.3 is 0 Å². The lowest BCUT2D eigenvalue weighted by Gasteiger charge is -2.18. The van der Waals surface area contributed by atoms with Crippen LogP contribution in [0.25, 0.3) is 0 Å². The van der Waals surface area contributed by atoms with Crippen molar-refractivity contribution in [3.05, 3.63) is 12.3 Å². The summed E-state index contributed by atoms with van der Waals surface area (Å²) in [6.45, 7) is 3.07. The third-order valence-corrected chi connectivity index (χ3v) is 3.76. The van der Waals surface area contributed by atoms with Crippen LogP contribution in [-0.4, -0.2) is 22.6 Å². The first-order chi connectivity index (χ1) is 8.86. The average molecular weight is 246 g/mol. The van der Waals surface area contributed by atoms with Crippen molar-refractivity contribution in [2.24, 2.45) is 11.8 Å². The molecule has 0 bridgehead atoms. The van der Waals surface area contributed by atoms with Gasteiger partial charge in [-0.05, 0) is 50.0 Å². The molecule has 0 aliphatic heterocycles. The van der Waals surface area contributed by atoms with E-state index in [4.69, 9.17) is 0 Å². The Hall–Kier alpha value is -1.32. The molecule has 1 aromatic rings. The third-order valence-electron chi connectivity index (χ3n) is 3.76. The van der Waals surface area contributed by atoms with Crippen molar-refractivity contribution in [3.63, 3.8) is 0 Å². The van der Waals surface area contributed by atoms with Crippen molar-refractivity contribution < 1.29 is 0 Å². The molecule has 2 N–H and O–H groups in total. The second-order valence-electron chi connectivity index (χ2n) is 5.54. The van der Waals surface area contributed by atoms with Gasteiger partial charge in [-0.15, -0.1) is 0 Å². The van der Waals surface area contributed by atoms with Crippen molar-refractivity contribution in [2.75, 3.05) is 17.2 Å². The van der Waals surface area contributed by atoms with Gasteiger partial charge in [0.05, 0.1) is 0 Å². The maximum atomic E-state index is 4.54. The Morgan fingerprint density at radius 1 is 1.28 bits per heavy atom. The molecule has 1 aromatic heterocycles. The number of aromatic nitrogens is 2. The van der Waals surface area contributed by atoms with E-state index in [1.807, 2.05) is 12.3 Å². The predicted molar refractivity (Wildman–Crippen MR) is 73.7 cm³/mol. The summed E-state index contributed by atoms with van der Waals surface area (Å²) in [6.07, 6.45) is 8.48. The van der Waals surface area contributed by atoms with E-state index >= 15 is 0 Å². The van der Waals surface area contributed by atoms with Gasteiger partial charge in [0.15, 0.2) is 0 Å². The van der Waals surface area contributed by atoms with Crippen LogP contribution in [0.15, 0.2) is 12.3 Å². The van der Waals surface area contributed by atoms with Crippen LogP contribution >= 0.6 is 0 Å². The first-order valence-electron chi connectivity index (χ1n) is 7.20. The highest BCUT2D eigenvalue weighted by molar-refractivity contribution is 5.41. The Kier molecular flexibility index (Phi) is 3.35. The van der Waals surface area contributed by atoms with E-state index < -0.39 is 0 Å². The van der Waals surface area contributed by atoms with Crippen LogP contribution in [0, 0.1) is 11.8 Å². The largest absolute Gasteiger partial charge is 0.367 e. The van der Waals surface area contributed by atoms with Crippen LogP contribution in [0.4, 0.5) is 11.8 Å². The summed E-state index contributed by atoms with van der Waals surface area (Å²) in [5.41, 5.74) is 0. The number of anilines is 2. The van der Waals surface area contributed by atoms with Gasteiger partial charge in [0.2, 0.25) is 5.95 Å². The average Bonchev–Trinajstić information content (AvgIpc) is 3.28. The van der Waals surface area contributed by atoms with E-state index in [1.165, 1.54) is 25.7 Å². The number of hydrogen-bond donors (Lipinski definition) is 2. The SMILES string of the molecule is CCCNc1nccc(NC(C2CC2)C2CC2)n1. The minimum atomic E-state index is 0.652.